The molecule has 1 aromatic rings. The second-order valence-corrected chi connectivity index (χ2v) is 6.74. The van der Waals surface area contributed by atoms with Gasteiger partial charge in [0.05, 0.1) is 11.5 Å². The van der Waals surface area contributed by atoms with Gasteiger partial charge in [-0.1, -0.05) is 0 Å². The Morgan fingerprint density at radius 3 is 2.55 bits per heavy atom. The predicted octanol–water partition coefficient (Wildman–Crippen LogP) is 1.82. The Labute approximate surface area is 120 Å². The van der Waals surface area contributed by atoms with Crippen molar-refractivity contribution in [1.82, 2.24) is 4.72 Å². The zero-order chi connectivity index (χ0) is 14.4. The molecule has 0 atom stereocenters. The Morgan fingerprint density at radius 1 is 1.25 bits per heavy atom. The Balaban J connectivity index is 1.78. The second-order valence-electron chi connectivity index (χ2n) is 4.97. The topological polar surface area (TPSA) is 67.4 Å². The van der Waals surface area contributed by atoms with Gasteiger partial charge < -0.3 is 10.1 Å². The summed E-state index contributed by atoms with van der Waals surface area (Å²) in [6, 6.07) is 6.74. The number of sulfonamides is 1. The molecule has 5 nitrogen and oxygen atoms in total. The summed E-state index contributed by atoms with van der Waals surface area (Å²) >= 11 is 0. The Kier molecular flexibility index (Phi) is 5.39. The van der Waals surface area contributed by atoms with Gasteiger partial charge >= 0.3 is 0 Å². The molecule has 1 saturated carbocycles. The van der Waals surface area contributed by atoms with Crippen LogP contribution >= 0.6 is 0 Å². The van der Waals surface area contributed by atoms with Crippen LogP contribution in [0, 0.1) is 5.92 Å². The number of anilines is 1. The molecule has 2 rings (SSSR count). The van der Waals surface area contributed by atoms with Crippen molar-refractivity contribution in [3.8, 4) is 0 Å². The predicted molar refractivity (Wildman–Crippen MR) is 79.3 cm³/mol. The van der Waals surface area contributed by atoms with Crippen LogP contribution in [0.1, 0.15) is 19.8 Å². The minimum atomic E-state index is -3.43. The Morgan fingerprint density at radius 2 is 1.95 bits per heavy atom. The molecule has 1 aliphatic carbocycles. The summed E-state index contributed by atoms with van der Waals surface area (Å²) in [5.74, 6) is 0.699. The van der Waals surface area contributed by atoms with Gasteiger partial charge in [-0.05, 0) is 49.9 Å². The molecular weight excluding hydrogens is 276 g/mol. The van der Waals surface area contributed by atoms with E-state index in [-0.39, 0.29) is 4.90 Å². The van der Waals surface area contributed by atoms with Gasteiger partial charge in [-0.2, -0.15) is 0 Å². The van der Waals surface area contributed by atoms with Crippen LogP contribution in [0.2, 0.25) is 0 Å². The van der Waals surface area contributed by atoms with Crippen LogP contribution in [-0.2, 0) is 14.8 Å². The maximum absolute atomic E-state index is 12.0. The van der Waals surface area contributed by atoms with E-state index in [9.17, 15) is 8.42 Å². The van der Waals surface area contributed by atoms with Gasteiger partial charge in [0.1, 0.15) is 0 Å². The molecule has 112 valence electrons. The Hall–Kier alpha value is -1.11. The monoisotopic (exact) mass is 298 g/mol. The molecule has 1 fully saturated rings. The number of ether oxygens (including phenoxy) is 1. The van der Waals surface area contributed by atoms with Crippen molar-refractivity contribution in [3.63, 3.8) is 0 Å². The smallest absolute Gasteiger partial charge is 0.240 e. The lowest BCUT2D eigenvalue weighted by Crippen LogP contribution is -2.27. The zero-order valence-electron chi connectivity index (χ0n) is 11.8. The number of rotatable bonds is 9. The molecule has 6 heteroatoms. The standard InChI is InChI=1S/C14H22N2O3S/c1-2-15-13-5-7-14(8-6-13)20(17,18)16-9-10-19-11-12-3-4-12/h5-8,12,15-16H,2-4,9-11H2,1H3. The third kappa shape index (κ3) is 4.77. The number of nitrogens with one attached hydrogen (secondary N) is 2. The summed E-state index contributed by atoms with van der Waals surface area (Å²) in [5.41, 5.74) is 0.916. The van der Waals surface area contributed by atoms with Gasteiger partial charge in [0, 0.05) is 25.4 Å². The van der Waals surface area contributed by atoms with E-state index >= 15 is 0 Å². The van der Waals surface area contributed by atoms with Crippen molar-refractivity contribution in [2.24, 2.45) is 5.92 Å². The van der Waals surface area contributed by atoms with Crippen molar-refractivity contribution in [3.05, 3.63) is 24.3 Å². The first-order chi connectivity index (χ1) is 9.62. The highest BCUT2D eigenvalue weighted by Crippen LogP contribution is 2.28. The lowest BCUT2D eigenvalue weighted by molar-refractivity contribution is 0.129. The van der Waals surface area contributed by atoms with Crippen molar-refractivity contribution in [2.75, 3.05) is 31.6 Å². The normalized spacial score (nSPS) is 15.2. The molecule has 0 spiro atoms. The molecule has 0 radical (unpaired) electrons. The number of hydrogen-bond acceptors (Lipinski definition) is 4. The molecule has 1 aromatic carbocycles. The van der Waals surface area contributed by atoms with Gasteiger partial charge in [-0.25, -0.2) is 13.1 Å². The first kappa shape index (κ1) is 15.3. The van der Waals surface area contributed by atoms with Gasteiger partial charge in [-0.15, -0.1) is 0 Å². The van der Waals surface area contributed by atoms with Crippen LogP contribution in [0.5, 0.6) is 0 Å². The first-order valence-corrected chi connectivity index (χ1v) is 8.51. The highest BCUT2D eigenvalue weighted by atomic mass is 32.2. The summed E-state index contributed by atoms with van der Waals surface area (Å²) in [6.45, 7) is 4.28. The quantitative estimate of drug-likeness (QED) is 0.683. The van der Waals surface area contributed by atoms with Crippen molar-refractivity contribution < 1.29 is 13.2 Å². The highest BCUT2D eigenvalue weighted by molar-refractivity contribution is 7.89. The lowest BCUT2D eigenvalue weighted by Gasteiger charge is -2.08. The van der Waals surface area contributed by atoms with Crippen molar-refractivity contribution >= 4 is 15.7 Å². The van der Waals surface area contributed by atoms with E-state index in [1.165, 1.54) is 12.8 Å². The van der Waals surface area contributed by atoms with E-state index in [0.29, 0.717) is 19.1 Å². The third-order valence-electron chi connectivity index (χ3n) is 3.13. The second kappa shape index (κ2) is 7.06. The number of benzene rings is 1. The average Bonchev–Trinajstić information content (AvgIpc) is 3.23. The van der Waals surface area contributed by atoms with E-state index in [4.69, 9.17) is 4.74 Å². The summed E-state index contributed by atoms with van der Waals surface area (Å²) in [5, 5.41) is 3.13. The maximum atomic E-state index is 12.0. The summed E-state index contributed by atoms with van der Waals surface area (Å²) < 4.78 is 32.0. The van der Waals surface area contributed by atoms with Gasteiger partial charge in [0.15, 0.2) is 0 Å². The van der Waals surface area contributed by atoms with Crippen molar-refractivity contribution in [1.29, 1.82) is 0 Å². The molecule has 0 unspecified atom stereocenters. The van der Waals surface area contributed by atoms with Crippen LogP contribution < -0.4 is 10.0 Å². The molecule has 0 saturated heterocycles. The minimum absolute atomic E-state index is 0.279. The van der Waals surface area contributed by atoms with E-state index in [0.717, 1.165) is 18.8 Å². The minimum Gasteiger partial charge on any atom is -0.385 e. The molecule has 0 aliphatic heterocycles. The molecule has 0 bridgehead atoms. The van der Waals surface area contributed by atoms with Gasteiger partial charge in [-0.3, -0.25) is 0 Å². The lowest BCUT2D eigenvalue weighted by atomic mass is 10.3. The Bertz CT molecular complexity index is 510. The van der Waals surface area contributed by atoms with Gasteiger partial charge in [0.2, 0.25) is 10.0 Å². The fraction of sp³-hybridized carbons (Fsp3) is 0.571. The van der Waals surface area contributed by atoms with E-state index in [1.54, 1.807) is 24.3 Å². The molecule has 0 heterocycles. The fourth-order valence-corrected chi connectivity index (χ4v) is 2.84. The summed E-state index contributed by atoms with van der Waals surface area (Å²) in [6.07, 6.45) is 2.48. The van der Waals surface area contributed by atoms with Gasteiger partial charge in [0.25, 0.3) is 0 Å². The van der Waals surface area contributed by atoms with Crippen LogP contribution in [0.25, 0.3) is 0 Å². The first-order valence-electron chi connectivity index (χ1n) is 7.03. The fourth-order valence-electron chi connectivity index (χ4n) is 1.82. The van der Waals surface area contributed by atoms with Crippen molar-refractivity contribution in [2.45, 2.75) is 24.7 Å². The SMILES string of the molecule is CCNc1ccc(S(=O)(=O)NCCOCC2CC2)cc1. The molecular formula is C14H22N2O3S. The molecule has 2 N–H and O–H groups in total. The largest absolute Gasteiger partial charge is 0.385 e. The highest BCUT2D eigenvalue weighted by Gasteiger charge is 2.21. The zero-order valence-corrected chi connectivity index (χ0v) is 12.6. The molecule has 0 amide bonds. The van der Waals surface area contributed by atoms with E-state index in [1.807, 2.05) is 6.92 Å². The maximum Gasteiger partial charge on any atom is 0.240 e. The van der Waals surface area contributed by atoms with E-state index < -0.39 is 10.0 Å². The van der Waals surface area contributed by atoms with Crippen LogP contribution in [0.15, 0.2) is 29.2 Å². The molecule has 0 aromatic heterocycles. The molecule has 20 heavy (non-hydrogen) atoms. The number of hydrogen-bond donors (Lipinski definition) is 2. The summed E-state index contributed by atoms with van der Waals surface area (Å²) in [4.78, 5) is 0.279. The van der Waals surface area contributed by atoms with E-state index in [2.05, 4.69) is 10.0 Å². The van der Waals surface area contributed by atoms with Crippen LogP contribution in [-0.4, -0.2) is 34.7 Å². The average molecular weight is 298 g/mol. The van der Waals surface area contributed by atoms with Crippen LogP contribution in [0.4, 0.5) is 5.69 Å². The summed E-state index contributed by atoms with van der Waals surface area (Å²) in [7, 11) is -3.43. The molecule has 1 aliphatic rings. The van der Waals surface area contributed by atoms with Crippen LogP contribution in [0.3, 0.4) is 0 Å². The third-order valence-corrected chi connectivity index (χ3v) is 4.61.